The van der Waals surface area contributed by atoms with E-state index in [-0.39, 0.29) is 12.4 Å². The molecular formula is C21H26FN3O4. The van der Waals surface area contributed by atoms with Gasteiger partial charge < -0.3 is 19.5 Å². The molecule has 0 aromatic heterocycles. The number of nitrogens with zero attached hydrogens (tertiary/aromatic N) is 2. The molecule has 0 spiro atoms. The number of ether oxygens (including phenoxy) is 2. The fraction of sp³-hybridized carbons (Fsp3) is 0.381. The van der Waals surface area contributed by atoms with Crippen LogP contribution in [0.5, 0.6) is 5.75 Å². The molecule has 1 aliphatic heterocycles. The number of rotatable bonds is 7. The van der Waals surface area contributed by atoms with Crippen LogP contribution in [-0.2, 0) is 4.74 Å². The molecule has 7 nitrogen and oxygen atoms in total. The molecule has 1 atom stereocenters. The van der Waals surface area contributed by atoms with Crippen molar-refractivity contribution in [2.24, 2.45) is 0 Å². The lowest BCUT2D eigenvalue weighted by atomic mass is 10.2. The summed E-state index contributed by atoms with van der Waals surface area (Å²) in [5.74, 6) is 0.447. The summed E-state index contributed by atoms with van der Waals surface area (Å²) in [6, 6.07) is 13.4. The summed E-state index contributed by atoms with van der Waals surface area (Å²) in [4.78, 5) is 16.1. The third-order valence-electron chi connectivity index (χ3n) is 4.76. The highest BCUT2D eigenvalue weighted by Gasteiger charge is 2.20. The van der Waals surface area contributed by atoms with E-state index in [1.54, 1.807) is 37.4 Å². The molecule has 2 N–H and O–H groups in total. The second kappa shape index (κ2) is 10.1. The molecule has 1 aliphatic rings. The van der Waals surface area contributed by atoms with E-state index in [1.807, 2.05) is 6.07 Å². The predicted molar refractivity (Wildman–Crippen MR) is 109 cm³/mol. The Labute approximate surface area is 169 Å². The third-order valence-corrected chi connectivity index (χ3v) is 4.76. The summed E-state index contributed by atoms with van der Waals surface area (Å²) in [6.45, 7) is 3.29. The fourth-order valence-electron chi connectivity index (χ4n) is 3.21. The van der Waals surface area contributed by atoms with E-state index < -0.39 is 12.2 Å². The van der Waals surface area contributed by atoms with Crippen molar-refractivity contribution in [3.05, 3.63) is 54.3 Å². The third kappa shape index (κ3) is 6.33. The number of hydrogen-bond donors (Lipinski definition) is 2. The van der Waals surface area contributed by atoms with Gasteiger partial charge in [0.2, 0.25) is 0 Å². The fourth-order valence-corrected chi connectivity index (χ4v) is 3.21. The quantitative estimate of drug-likeness (QED) is 0.740. The molecule has 1 fully saturated rings. The minimum Gasteiger partial charge on any atom is -0.497 e. The number of anilines is 2. The summed E-state index contributed by atoms with van der Waals surface area (Å²) < 4.78 is 23.5. The number of aliphatic hydroxyl groups excluding tert-OH is 1. The number of carbonyl (C=O) groups excluding carboxylic acids is 1. The van der Waals surface area contributed by atoms with Crippen LogP contribution in [0.1, 0.15) is 0 Å². The number of aliphatic hydroxyl groups is 1. The van der Waals surface area contributed by atoms with E-state index in [2.05, 4.69) is 15.1 Å². The van der Waals surface area contributed by atoms with E-state index in [4.69, 9.17) is 9.47 Å². The topological polar surface area (TPSA) is 74.3 Å². The highest BCUT2D eigenvalue weighted by molar-refractivity contribution is 5.84. The van der Waals surface area contributed by atoms with Gasteiger partial charge in [-0.1, -0.05) is 6.07 Å². The molecule has 1 heterocycles. The van der Waals surface area contributed by atoms with Gasteiger partial charge in [0.1, 0.15) is 24.3 Å². The van der Waals surface area contributed by atoms with Crippen molar-refractivity contribution >= 4 is 17.5 Å². The molecule has 0 radical (unpaired) electrons. The standard InChI is InChI=1S/C21H26FN3O4/c1-28-20-7-5-17(6-8-20)23-21(27)29-15-19(26)14-24-9-11-25(12-10-24)18-4-2-3-16(22)13-18/h2-8,13,19,26H,9-12,14-15H2,1H3,(H,23,27). The van der Waals surface area contributed by atoms with Crippen LogP contribution in [0.2, 0.25) is 0 Å². The first-order chi connectivity index (χ1) is 14.0. The van der Waals surface area contributed by atoms with Crippen molar-refractivity contribution in [3.63, 3.8) is 0 Å². The van der Waals surface area contributed by atoms with Crippen LogP contribution in [0.4, 0.5) is 20.6 Å². The molecule has 2 aromatic carbocycles. The van der Waals surface area contributed by atoms with E-state index in [0.29, 0.717) is 18.0 Å². The van der Waals surface area contributed by atoms with Gasteiger partial charge in [-0.25, -0.2) is 9.18 Å². The predicted octanol–water partition coefficient (Wildman–Crippen LogP) is 2.57. The van der Waals surface area contributed by atoms with Crippen molar-refractivity contribution in [2.45, 2.75) is 6.10 Å². The van der Waals surface area contributed by atoms with Crippen LogP contribution < -0.4 is 15.0 Å². The number of amides is 1. The number of benzene rings is 2. The maximum absolute atomic E-state index is 13.4. The van der Waals surface area contributed by atoms with Crippen LogP contribution in [0, 0.1) is 5.82 Å². The summed E-state index contributed by atoms with van der Waals surface area (Å²) in [5.41, 5.74) is 1.45. The molecule has 156 valence electrons. The second-order valence-electron chi connectivity index (χ2n) is 6.87. The smallest absolute Gasteiger partial charge is 0.411 e. The molecule has 29 heavy (non-hydrogen) atoms. The van der Waals surface area contributed by atoms with Crippen molar-refractivity contribution in [3.8, 4) is 5.75 Å². The average Bonchev–Trinajstić information content (AvgIpc) is 2.73. The van der Waals surface area contributed by atoms with Crippen molar-refractivity contribution in [2.75, 3.05) is 56.7 Å². The molecule has 3 rings (SSSR count). The zero-order valence-electron chi connectivity index (χ0n) is 16.4. The molecule has 2 aromatic rings. The zero-order chi connectivity index (χ0) is 20.6. The Bertz CT molecular complexity index is 795. The molecule has 1 unspecified atom stereocenters. The Hall–Kier alpha value is -2.84. The minimum atomic E-state index is -0.780. The van der Waals surface area contributed by atoms with Gasteiger partial charge in [0.15, 0.2) is 0 Å². The van der Waals surface area contributed by atoms with Gasteiger partial charge in [-0.3, -0.25) is 10.2 Å². The van der Waals surface area contributed by atoms with Gasteiger partial charge >= 0.3 is 6.09 Å². The molecule has 0 saturated carbocycles. The van der Waals surface area contributed by atoms with E-state index in [1.165, 1.54) is 12.1 Å². The zero-order valence-corrected chi connectivity index (χ0v) is 16.4. The van der Waals surface area contributed by atoms with E-state index >= 15 is 0 Å². The summed E-state index contributed by atoms with van der Waals surface area (Å²) >= 11 is 0. The monoisotopic (exact) mass is 403 g/mol. The summed E-state index contributed by atoms with van der Waals surface area (Å²) in [5, 5.41) is 12.8. The first-order valence-electron chi connectivity index (χ1n) is 9.52. The van der Waals surface area contributed by atoms with Gasteiger partial charge in [-0.05, 0) is 42.5 Å². The van der Waals surface area contributed by atoms with Crippen molar-refractivity contribution < 1.29 is 23.8 Å². The lowest BCUT2D eigenvalue weighted by Crippen LogP contribution is -2.49. The number of halogens is 1. The van der Waals surface area contributed by atoms with E-state index in [0.717, 1.165) is 31.9 Å². The molecule has 1 saturated heterocycles. The SMILES string of the molecule is COc1ccc(NC(=O)OCC(O)CN2CCN(c3cccc(F)c3)CC2)cc1. The number of carbonyl (C=O) groups is 1. The lowest BCUT2D eigenvalue weighted by molar-refractivity contribution is 0.0469. The Morgan fingerprint density at radius 2 is 1.90 bits per heavy atom. The lowest BCUT2D eigenvalue weighted by Gasteiger charge is -2.36. The molecular weight excluding hydrogens is 377 g/mol. The Kier molecular flexibility index (Phi) is 7.26. The number of nitrogens with one attached hydrogen (secondary N) is 1. The highest BCUT2D eigenvalue weighted by Crippen LogP contribution is 2.18. The minimum absolute atomic E-state index is 0.0912. The van der Waals surface area contributed by atoms with Crippen molar-refractivity contribution in [1.29, 1.82) is 0 Å². The number of hydrogen-bond acceptors (Lipinski definition) is 6. The molecule has 0 aliphatic carbocycles. The molecule has 8 heteroatoms. The summed E-state index contributed by atoms with van der Waals surface area (Å²) in [7, 11) is 1.57. The average molecular weight is 403 g/mol. The molecule has 1 amide bonds. The maximum Gasteiger partial charge on any atom is 0.411 e. The van der Waals surface area contributed by atoms with Gasteiger partial charge in [-0.2, -0.15) is 0 Å². The Balaban J connectivity index is 1.36. The number of β-amino-alcohol motifs (C(OH)–C–C–N with tert-alkyl or cyclic N) is 1. The first-order valence-corrected chi connectivity index (χ1v) is 9.52. The van der Waals surface area contributed by atoms with E-state index in [9.17, 15) is 14.3 Å². The van der Waals surface area contributed by atoms with Crippen LogP contribution in [-0.4, -0.2) is 68.6 Å². The number of methoxy groups -OCH3 is 1. The normalized spacial score (nSPS) is 15.6. The van der Waals surface area contributed by atoms with Gasteiger partial charge in [0, 0.05) is 44.1 Å². The molecule has 0 bridgehead atoms. The maximum atomic E-state index is 13.4. The van der Waals surface area contributed by atoms with Gasteiger partial charge in [-0.15, -0.1) is 0 Å². The summed E-state index contributed by atoms with van der Waals surface area (Å²) in [6.07, 6.45) is -1.40. The Morgan fingerprint density at radius 3 is 2.55 bits per heavy atom. The van der Waals surface area contributed by atoms with Crippen LogP contribution in [0.3, 0.4) is 0 Å². The van der Waals surface area contributed by atoms with Crippen LogP contribution in [0.15, 0.2) is 48.5 Å². The second-order valence-corrected chi connectivity index (χ2v) is 6.87. The van der Waals surface area contributed by atoms with Crippen molar-refractivity contribution in [1.82, 2.24) is 4.90 Å². The van der Waals surface area contributed by atoms with Gasteiger partial charge in [0.05, 0.1) is 7.11 Å². The Morgan fingerprint density at radius 1 is 1.17 bits per heavy atom. The number of piperazine rings is 1. The largest absolute Gasteiger partial charge is 0.497 e. The highest BCUT2D eigenvalue weighted by atomic mass is 19.1. The van der Waals surface area contributed by atoms with Gasteiger partial charge in [0.25, 0.3) is 0 Å². The van der Waals surface area contributed by atoms with Crippen LogP contribution >= 0.6 is 0 Å². The van der Waals surface area contributed by atoms with Crippen LogP contribution in [0.25, 0.3) is 0 Å². The first kappa shape index (κ1) is 20.9.